The average molecular weight is 503 g/mol. The van der Waals surface area contributed by atoms with Crippen LogP contribution in [-0.4, -0.2) is 42.0 Å². The number of fused-ring (bicyclic) bond motifs is 1. The van der Waals surface area contributed by atoms with Crippen LogP contribution in [0.1, 0.15) is 88.5 Å². The molecule has 1 unspecified atom stereocenters. The van der Waals surface area contributed by atoms with Crippen molar-refractivity contribution in [2.75, 3.05) is 26.2 Å². The summed E-state index contributed by atoms with van der Waals surface area (Å²) in [5.41, 5.74) is 13.5. The summed E-state index contributed by atoms with van der Waals surface area (Å²) in [6.45, 7) is 16.5. The van der Waals surface area contributed by atoms with Gasteiger partial charge in [-0.05, 0) is 97.9 Å². The first-order chi connectivity index (χ1) is 17.8. The zero-order valence-corrected chi connectivity index (χ0v) is 23.3. The van der Waals surface area contributed by atoms with E-state index in [0.717, 1.165) is 80.8 Å². The number of nitrogens with one attached hydrogen (secondary N) is 2. The Morgan fingerprint density at radius 3 is 2.49 bits per heavy atom. The van der Waals surface area contributed by atoms with Gasteiger partial charge in [-0.15, -0.1) is 0 Å². The number of benzene rings is 1. The van der Waals surface area contributed by atoms with Crippen LogP contribution in [0.3, 0.4) is 0 Å². The summed E-state index contributed by atoms with van der Waals surface area (Å²) in [7, 11) is 0. The van der Waals surface area contributed by atoms with Crippen molar-refractivity contribution in [3.8, 4) is 0 Å². The first-order valence-corrected chi connectivity index (χ1v) is 14.3. The zero-order chi connectivity index (χ0) is 26.5. The number of nitrogens with zero attached hydrogens (tertiary/aromatic N) is 1. The molecule has 0 bridgehead atoms. The van der Waals surface area contributed by atoms with E-state index < -0.39 is 0 Å². The molecule has 5 nitrogen and oxygen atoms in total. The first kappa shape index (κ1) is 27.3. The molecule has 2 saturated heterocycles. The van der Waals surface area contributed by atoms with Gasteiger partial charge >= 0.3 is 0 Å². The summed E-state index contributed by atoms with van der Waals surface area (Å²) in [5.74, 6) is 1.76. The molecule has 5 heteroatoms. The highest BCUT2D eigenvalue weighted by atomic mass is 16.2. The lowest BCUT2D eigenvalue weighted by Crippen LogP contribution is -2.44. The minimum atomic E-state index is 0.210. The number of rotatable bonds is 8. The van der Waals surface area contributed by atoms with E-state index in [9.17, 15) is 4.79 Å². The van der Waals surface area contributed by atoms with Crippen LogP contribution in [0.5, 0.6) is 0 Å². The second kappa shape index (κ2) is 12.2. The molecule has 0 spiro atoms. The summed E-state index contributed by atoms with van der Waals surface area (Å²) >= 11 is 0. The van der Waals surface area contributed by atoms with Gasteiger partial charge in [-0.2, -0.15) is 0 Å². The lowest BCUT2D eigenvalue weighted by atomic mass is 9.86. The van der Waals surface area contributed by atoms with Gasteiger partial charge in [0.1, 0.15) is 0 Å². The van der Waals surface area contributed by atoms with E-state index in [1.54, 1.807) is 0 Å². The fourth-order valence-electron chi connectivity index (χ4n) is 5.96. The summed E-state index contributed by atoms with van der Waals surface area (Å²) in [4.78, 5) is 18.8. The summed E-state index contributed by atoms with van der Waals surface area (Å²) in [6, 6.07) is 6.91. The molecular formula is C32H46N4O. The quantitative estimate of drug-likeness (QED) is 0.363. The number of likely N-dealkylation sites (tertiary alicyclic amines) is 1. The predicted octanol–water partition coefficient (Wildman–Crippen LogP) is 6.46. The highest BCUT2D eigenvalue weighted by Crippen LogP contribution is 2.37. The van der Waals surface area contributed by atoms with Crippen LogP contribution < -0.4 is 11.1 Å². The normalized spacial score (nSPS) is 19.5. The van der Waals surface area contributed by atoms with Crippen LogP contribution in [0.25, 0.3) is 16.5 Å². The van der Waals surface area contributed by atoms with Gasteiger partial charge < -0.3 is 20.9 Å². The molecule has 4 rings (SSSR count). The Kier molecular flexibility index (Phi) is 8.96. The molecule has 1 amide bonds. The first-order valence-electron chi connectivity index (χ1n) is 14.3. The van der Waals surface area contributed by atoms with Crippen molar-refractivity contribution in [2.24, 2.45) is 17.6 Å². The van der Waals surface area contributed by atoms with Crippen molar-refractivity contribution < 1.29 is 4.79 Å². The Balaban J connectivity index is 1.59. The van der Waals surface area contributed by atoms with E-state index >= 15 is 0 Å². The van der Waals surface area contributed by atoms with Crippen LogP contribution in [0.2, 0.25) is 0 Å². The molecule has 2 aromatic rings. The Morgan fingerprint density at radius 1 is 1.16 bits per heavy atom. The number of piperidine rings is 2. The third-order valence-corrected chi connectivity index (χ3v) is 8.50. The van der Waals surface area contributed by atoms with Crippen molar-refractivity contribution in [1.82, 2.24) is 15.2 Å². The molecule has 2 aliphatic rings. The molecule has 2 aliphatic heterocycles. The van der Waals surface area contributed by atoms with Crippen molar-refractivity contribution >= 4 is 22.4 Å². The number of carbonyl (C=O) groups is 1. The fourth-order valence-corrected chi connectivity index (χ4v) is 5.96. The number of H-pyrrole nitrogens is 1. The second-order valence-corrected chi connectivity index (χ2v) is 11.3. The van der Waals surface area contributed by atoms with Crippen LogP contribution >= 0.6 is 0 Å². The van der Waals surface area contributed by atoms with E-state index in [1.165, 1.54) is 16.5 Å². The molecule has 0 saturated carbocycles. The smallest absolute Gasteiger partial charge is 0.225 e. The maximum Gasteiger partial charge on any atom is 0.225 e. The number of hydrogen-bond donors (Lipinski definition) is 3. The van der Waals surface area contributed by atoms with Gasteiger partial charge in [-0.3, -0.25) is 4.79 Å². The average Bonchev–Trinajstić information content (AvgIpc) is 3.31. The van der Waals surface area contributed by atoms with E-state index in [0.29, 0.717) is 23.7 Å². The third-order valence-electron chi connectivity index (χ3n) is 8.50. The molecule has 0 radical (unpaired) electrons. The Hall–Kier alpha value is -2.79. The van der Waals surface area contributed by atoms with E-state index in [-0.39, 0.29) is 5.92 Å². The number of allylic oxidation sites excluding steroid dienone is 5. The van der Waals surface area contributed by atoms with Crippen LogP contribution in [0.15, 0.2) is 48.7 Å². The largest absolute Gasteiger partial charge is 0.402 e. The molecule has 1 aromatic carbocycles. The summed E-state index contributed by atoms with van der Waals surface area (Å²) in [5, 5.41) is 4.66. The monoisotopic (exact) mass is 502 g/mol. The third kappa shape index (κ3) is 6.04. The van der Waals surface area contributed by atoms with Crippen molar-refractivity contribution in [3.63, 3.8) is 0 Å². The van der Waals surface area contributed by atoms with E-state index in [2.05, 4.69) is 79.8 Å². The van der Waals surface area contributed by atoms with Gasteiger partial charge in [0.2, 0.25) is 5.91 Å². The maximum atomic E-state index is 13.0. The van der Waals surface area contributed by atoms with Gasteiger partial charge in [-0.1, -0.05) is 52.5 Å². The van der Waals surface area contributed by atoms with Crippen LogP contribution in [0, 0.1) is 11.8 Å². The number of aromatic amines is 1. The lowest BCUT2D eigenvalue weighted by Gasteiger charge is -2.35. The van der Waals surface area contributed by atoms with Crippen LogP contribution in [-0.2, 0) is 4.79 Å². The maximum absolute atomic E-state index is 13.0. The predicted molar refractivity (Wildman–Crippen MR) is 156 cm³/mol. The molecule has 3 heterocycles. The van der Waals surface area contributed by atoms with Crippen molar-refractivity contribution in [3.05, 3.63) is 65.5 Å². The molecule has 37 heavy (non-hydrogen) atoms. The Labute approximate surface area is 223 Å². The van der Waals surface area contributed by atoms with Gasteiger partial charge in [0.05, 0.1) is 5.69 Å². The number of hydrogen-bond acceptors (Lipinski definition) is 3. The minimum Gasteiger partial charge on any atom is -0.402 e. The molecule has 2 fully saturated rings. The van der Waals surface area contributed by atoms with Crippen molar-refractivity contribution in [2.45, 2.75) is 71.6 Å². The van der Waals surface area contributed by atoms with Crippen molar-refractivity contribution in [1.29, 1.82) is 0 Å². The zero-order valence-electron chi connectivity index (χ0n) is 23.3. The number of amides is 1. The van der Waals surface area contributed by atoms with Gasteiger partial charge in [0, 0.05) is 35.6 Å². The molecule has 1 atom stereocenters. The Morgan fingerprint density at radius 2 is 1.86 bits per heavy atom. The fraction of sp³-hybridized carbons (Fsp3) is 0.531. The minimum absolute atomic E-state index is 0.210. The van der Waals surface area contributed by atoms with E-state index in [1.807, 2.05) is 6.08 Å². The molecular weight excluding hydrogens is 456 g/mol. The highest BCUT2D eigenvalue weighted by Gasteiger charge is 2.30. The second-order valence-electron chi connectivity index (χ2n) is 11.3. The van der Waals surface area contributed by atoms with Crippen LogP contribution in [0.4, 0.5) is 0 Å². The highest BCUT2D eigenvalue weighted by molar-refractivity contribution is 5.92. The summed E-state index contributed by atoms with van der Waals surface area (Å²) < 4.78 is 0. The SMILES string of the molecule is C=C/C=C(\C=C(\N)C(C)CC)c1[nH]c2ccc(C3CCN(C(=O)C4CCNCC4)CC3)cc2c1C(C)C. The standard InChI is InChI=1S/C32H46N4O/c1-6-8-26(20-28(33)22(5)7-2)31-30(21(3)4)27-19-25(9-10-29(27)35-31)23-13-17-36(18-14-23)32(37)24-11-15-34-16-12-24/h6,8-10,19-24,34-35H,1,7,11-18,33H2,2-5H3/b26-8+,28-20+. The number of nitrogens with two attached hydrogens (primary N) is 1. The number of aromatic nitrogens is 1. The topological polar surface area (TPSA) is 74.2 Å². The van der Waals surface area contributed by atoms with Gasteiger partial charge in [0.15, 0.2) is 0 Å². The molecule has 4 N–H and O–H groups in total. The molecule has 1 aromatic heterocycles. The van der Waals surface area contributed by atoms with E-state index in [4.69, 9.17) is 5.73 Å². The summed E-state index contributed by atoms with van der Waals surface area (Å²) in [6.07, 6.45) is 11.0. The molecule has 0 aliphatic carbocycles. The molecule has 200 valence electrons. The number of carbonyl (C=O) groups excluding carboxylic acids is 1. The Bertz CT molecular complexity index is 1160. The van der Waals surface area contributed by atoms with Gasteiger partial charge in [0.25, 0.3) is 0 Å². The lowest BCUT2D eigenvalue weighted by molar-refractivity contribution is -0.137. The van der Waals surface area contributed by atoms with Gasteiger partial charge in [-0.25, -0.2) is 0 Å².